The summed E-state index contributed by atoms with van der Waals surface area (Å²) in [5.74, 6) is 0.470. The molecule has 0 radical (unpaired) electrons. The first kappa shape index (κ1) is 8.77. The van der Waals surface area contributed by atoms with E-state index in [1.807, 2.05) is 24.3 Å². The van der Waals surface area contributed by atoms with Gasteiger partial charge in [-0.05, 0) is 6.07 Å². The van der Waals surface area contributed by atoms with E-state index < -0.39 is 0 Å². The van der Waals surface area contributed by atoms with Crippen LogP contribution in [0.2, 0.25) is 0 Å². The Balaban J connectivity index is 2.50. The van der Waals surface area contributed by atoms with E-state index in [4.69, 9.17) is 10.8 Å². The molecule has 0 aliphatic carbocycles. The lowest BCUT2D eigenvalue weighted by atomic mass is 10.2. The molecule has 2 aromatic rings. The number of aliphatic hydroxyl groups excluding tert-OH is 1. The Labute approximate surface area is 81.6 Å². The third-order valence-corrected chi connectivity index (χ3v) is 2.04. The highest BCUT2D eigenvalue weighted by molar-refractivity contribution is 5.42. The van der Waals surface area contributed by atoms with Crippen LogP contribution in [0.15, 0.2) is 36.8 Å². The summed E-state index contributed by atoms with van der Waals surface area (Å²) in [6.45, 7) is 0.00819. The van der Waals surface area contributed by atoms with Gasteiger partial charge in [-0.3, -0.25) is 0 Å². The molecule has 72 valence electrons. The van der Waals surface area contributed by atoms with Crippen LogP contribution in [0.4, 0.5) is 5.82 Å². The summed E-state index contributed by atoms with van der Waals surface area (Å²) in [5, 5.41) is 9.12. The van der Waals surface area contributed by atoms with Gasteiger partial charge in [0.05, 0.1) is 18.5 Å². The minimum Gasteiger partial charge on any atom is -0.392 e. The van der Waals surface area contributed by atoms with Crippen molar-refractivity contribution in [2.45, 2.75) is 6.61 Å². The number of rotatable bonds is 2. The summed E-state index contributed by atoms with van der Waals surface area (Å²) in [6, 6.07) is 7.57. The number of aromatic nitrogens is 2. The van der Waals surface area contributed by atoms with E-state index in [1.54, 1.807) is 17.1 Å². The highest BCUT2D eigenvalue weighted by Gasteiger charge is 2.02. The van der Waals surface area contributed by atoms with Crippen LogP contribution in [0.5, 0.6) is 0 Å². The van der Waals surface area contributed by atoms with Crippen LogP contribution < -0.4 is 5.73 Å². The minimum atomic E-state index is 0.00819. The van der Waals surface area contributed by atoms with E-state index in [-0.39, 0.29) is 6.61 Å². The molecule has 3 N–H and O–H groups in total. The molecule has 0 aliphatic heterocycles. The lowest BCUT2D eigenvalue weighted by Gasteiger charge is -2.06. The molecule has 0 saturated heterocycles. The molecule has 1 aromatic carbocycles. The molecule has 14 heavy (non-hydrogen) atoms. The van der Waals surface area contributed by atoms with Crippen molar-refractivity contribution in [1.29, 1.82) is 0 Å². The van der Waals surface area contributed by atoms with Crippen molar-refractivity contribution in [1.82, 2.24) is 9.55 Å². The zero-order valence-electron chi connectivity index (χ0n) is 7.59. The second-order valence-electron chi connectivity index (χ2n) is 2.99. The van der Waals surface area contributed by atoms with E-state index in [1.165, 1.54) is 0 Å². The van der Waals surface area contributed by atoms with E-state index in [0.717, 1.165) is 11.3 Å². The number of anilines is 1. The second kappa shape index (κ2) is 3.51. The zero-order valence-corrected chi connectivity index (χ0v) is 7.59. The molecular weight excluding hydrogens is 178 g/mol. The number of para-hydroxylation sites is 1. The van der Waals surface area contributed by atoms with Crippen LogP contribution >= 0.6 is 0 Å². The topological polar surface area (TPSA) is 64.1 Å². The fraction of sp³-hybridized carbons (Fsp3) is 0.100. The molecule has 0 fully saturated rings. The summed E-state index contributed by atoms with van der Waals surface area (Å²) < 4.78 is 1.79. The van der Waals surface area contributed by atoms with Gasteiger partial charge in [-0.25, -0.2) is 4.98 Å². The summed E-state index contributed by atoms with van der Waals surface area (Å²) in [6.07, 6.45) is 3.35. The quantitative estimate of drug-likeness (QED) is 0.739. The maximum absolute atomic E-state index is 9.12. The summed E-state index contributed by atoms with van der Waals surface area (Å²) in [7, 11) is 0. The molecule has 4 heteroatoms. The second-order valence-corrected chi connectivity index (χ2v) is 2.99. The molecular formula is C10H11N3O. The molecule has 0 amide bonds. The predicted molar refractivity (Wildman–Crippen MR) is 53.9 cm³/mol. The highest BCUT2D eigenvalue weighted by Crippen LogP contribution is 2.15. The first-order chi connectivity index (χ1) is 6.81. The Bertz CT molecular complexity index is 436. The van der Waals surface area contributed by atoms with Crippen LogP contribution in [-0.2, 0) is 6.61 Å². The molecule has 1 heterocycles. The molecule has 0 unspecified atom stereocenters. The number of benzene rings is 1. The Morgan fingerprint density at radius 1 is 1.36 bits per heavy atom. The fourth-order valence-electron chi connectivity index (χ4n) is 1.37. The average Bonchev–Trinajstić information content (AvgIpc) is 2.65. The lowest BCUT2D eigenvalue weighted by Crippen LogP contribution is -1.96. The minimum absolute atomic E-state index is 0.00819. The van der Waals surface area contributed by atoms with E-state index in [2.05, 4.69) is 4.98 Å². The lowest BCUT2D eigenvalue weighted by molar-refractivity contribution is 0.281. The van der Waals surface area contributed by atoms with Crippen molar-refractivity contribution in [2.24, 2.45) is 0 Å². The van der Waals surface area contributed by atoms with Gasteiger partial charge >= 0.3 is 0 Å². The van der Waals surface area contributed by atoms with Gasteiger partial charge in [-0.2, -0.15) is 0 Å². The highest BCUT2D eigenvalue weighted by atomic mass is 16.3. The smallest absolute Gasteiger partial charge is 0.141 e. The molecule has 1 aromatic heterocycles. The maximum Gasteiger partial charge on any atom is 0.141 e. The molecule has 0 atom stereocenters. The zero-order chi connectivity index (χ0) is 9.97. The third kappa shape index (κ3) is 1.47. The van der Waals surface area contributed by atoms with Gasteiger partial charge in [0.15, 0.2) is 0 Å². The summed E-state index contributed by atoms with van der Waals surface area (Å²) >= 11 is 0. The molecule has 0 spiro atoms. The number of nitrogens with two attached hydrogens (primary N) is 1. The van der Waals surface area contributed by atoms with E-state index in [9.17, 15) is 0 Å². The van der Waals surface area contributed by atoms with E-state index >= 15 is 0 Å². The van der Waals surface area contributed by atoms with Crippen molar-refractivity contribution in [3.63, 3.8) is 0 Å². The molecule has 0 saturated carbocycles. The number of hydrogen-bond acceptors (Lipinski definition) is 3. The van der Waals surface area contributed by atoms with E-state index in [0.29, 0.717) is 5.82 Å². The van der Waals surface area contributed by atoms with Crippen molar-refractivity contribution in [3.8, 4) is 5.69 Å². The number of hydrogen-bond donors (Lipinski definition) is 2. The molecule has 0 bridgehead atoms. The SMILES string of the molecule is Nc1cn(-c2ccccc2CO)cn1. The maximum atomic E-state index is 9.12. The van der Waals surface area contributed by atoms with Gasteiger partial charge < -0.3 is 15.4 Å². The monoisotopic (exact) mass is 189 g/mol. The molecule has 4 nitrogen and oxygen atoms in total. The van der Waals surface area contributed by atoms with Gasteiger partial charge in [-0.15, -0.1) is 0 Å². The average molecular weight is 189 g/mol. The van der Waals surface area contributed by atoms with Crippen LogP contribution in [0.3, 0.4) is 0 Å². The van der Waals surface area contributed by atoms with Gasteiger partial charge in [0, 0.05) is 5.56 Å². The van der Waals surface area contributed by atoms with Crippen molar-refractivity contribution < 1.29 is 5.11 Å². The normalized spacial score (nSPS) is 10.4. The van der Waals surface area contributed by atoms with Crippen molar-refractivity contribution in [2.75, 3.05) is 5.73 Å². The van der Waals surface area contributed by atoms with Gasteiger partial charge in [-0.1, -0.05) is 18.2 Å². The first-order valence-corrected chi connectivity index (χ1v) is 4.30. The third-order valence-electron chi connectivity index (χ3n) is 2.04. The Morgan fingerprint density at radius 3 is 2.79 bits per heavy atom. The van der Waals surface area contributed by atoms with Crippen LogP contribution in [0, 0.1) is 0 Å². The number of aliphatic hydroxyl groups is 1. The largest absolute Gasteiger partial charge is 0.392 e. The van der Waals surface area contributed by atoms with Crippen LogP contribution in [0.1, 0.15) is 5.56 Å². The molecule has 0 aliphatic rings. The van der Waals surface area contributed by atoms with Crippen molar-refractivity contribution >= 4 is 5.82 Å². The number of imidazole rings is 1. The Kier molecular flexibility index (Phi) is 2.20. The summed E-state index contributed by atoms with van der Waals surface area (Å²) in [4.78, 5) is 3.93. The van der Waals surface area contributed by atoms with Crippen molar-refractivity contribution in [3.05, 3.63) is 42.4 Å². The van der Waals surface area contributed by atoms with Gasteiger partial charge in [0.1, 0.15) is 12.1 Å². The molecule has 2 rings (SSSR count). The summed E-state index contributed by atoms with van der Waals surface area (Å²) in [5.41, 5.74) is 7.27. The Hall–Kier alpha value is -1.81. The Morgan fingerprint density at radius 2 is 2.14 bits per heavy atom. The van der Waals surface area contributed by atoms with Crippen LogP contribution in [0.25, 0.3) is 5.69 Å². The van der Waals surface area contributed by atoms with Gasteiger partial charge in [0.2, 0.25) is 0 Å². The first-order valence-electron chi connectivity index (χ1n) is 4.30. The fourth-order valence-corrected chi connectivity index (χ4v) is 1.37. The standard InChI is InChI=1S/C10H11N3O/c11-10-5-13(7-12-10)9-4-2-1-3-8(9)6-14/h1-5,7,14H,6,11H2. The predicted octanol–water partition coefficient (Wildman–Crippen LogP) is 0.947. The number of nitrogen functional groups attached to an aromatic ring is 1. The van der Waals surface area contributed by atoms with Crippen LogP contribution in [-0.4, -0.2) is 14.7 Å². The van der Waals surface area contributed by atoms with Gasteiger partial charge in [0.25, 0.3) is 0 Å². The number of nitrogens with zero attached hydrogens (tertiary/aromatic N) is 2.